The van der Waals surface area contributed by atoms with Gasteiger partial charge in [0.1, 0.15) is 0 Å². The Hall–Kier alpha value is -3.33. The molecular formula is C22H27N3O5S. The van der Waals surface area contributed by atoms with Gasteiger partial charge in [0.2, 0.25) is 5.75 Å². The van der Waals surface area contributed by atoms with Crippen molar-refractivity contribution in [1.29, 1.82) is 0 Å². The van der Waals surface area contributed by atoms with Crippen molar-refractivity contribution in [2.75, 3.05) is 26.6 Å². The number of rotatable bonds is 6. The number of amides is 2. The minimum atomic E-state index is -0.446. The highest BCUT2D eigenvalue weighted by Gasteiger charge is 2.18. The van der Waals surface area contributed by atoms with Crippen LogP contribution in [0.3, 0.4) is 0 Å². The summed E-state index contributed by atoms with van der Waals surface area (Å²) in [7, 11) is 4.42. The first-order chi connectivity index (χ1) is 14.6. The van der Waals surface area contributed by atoms with Crippen LogP contribution in [0.15, 0.2) is 36.4 Å². The highest BCUT2D eigenvalue weighted by molar-refractivity contribution is 7.80. The predicted octanol–water partition coefficient (Wildman–Crippen LogP) is 3.37. The second-order valence-electron chi connectivity index (χ2n) is 7.60. The molecule has 2 aromatic rings. The Morgan fingerprint density at radius 3 is 1.84 bits per heavy atom. The minimum absolute atomic E-state index is 0.102. The Labute approximate surface area is 187 Å². The lowest BCUT2D eigenvalue weighted by Gasteiger charge is -2.20. The molecule has 2 rings (SSSR count). The molecule has 0 saturated carbocycles. The van der Waals surface area contributed by atoms with E-state index >= 15 is 0 Å². The molecule has 0 aliphatic carbocycles. The molecule has 2 aromatic carbocycles. The fourth-order valence-electron chi connectivity index (χ4n) is 2.67. The largest absolute Gasteiger partial charge is 0.493 e. The Morgan fingerprint density at radius 2 is 1.39 bits per heavy atom. The second-order valence-corrected chi connectivity index (χ2v) is 8.01. The molecule has 0 aromatic heterocycles. The van der Waals surface area contributed by atoms with Gasteiger partial charge in [0, 0.05) is 22.4 Å². The van der Waals surface area contributed by atoms with E-state index in [2.05, 4.69) is 16.0 Å². The van der Waals surface area contributed by atoms with Crippen LogP contribution in [0.25, 0.3) is 0 Å². The van der Waals surface area contributed by atoms with Crippen LogP contribution in [0.4, 0.5) is 5.69 Å². The molecule has 0 unspecified atom stereocenters. The third-order valence-electron chi connectivity index (χ3n) is 4.05. The van der Waals surface area contributed by atoms with Gasteiger partial charge in [-0.05, 0) is 69.4 Å². The van der Waals surface area contributed by atoms with E-state index < -0.39 is 5.91 Å². The van der Waals surface area contributed by atoms with Gasteiger partial charge in [-0.25, -0.2) is 0 Å². The number of carbonyl (C=O) groups is 2. The summed E-state index contributed by atoms with van der Waals surface area (Å²) in [4.78, 5) is 24.8. The van der Waals surface area contributed by atoms with Crippen molar-refractivity contribution in [2.24, 2.45) is 0 Å². The van der Waals surface area contributed by atoms with Crippen molar-refractivity contribution in [1.82, 2.24) is 10.6 Å². The first kappa shape index (κ1) is 23.9. The maximum atomic E-state index is 12.6. The monoisotopic (exact) mass is 445 g/mol. The summed E-state index contributed by atoms with van der Waals surface area (Å²) in [6.45, 7) is 5.74. The first-order valence-electron chi connectivity index (χ1n) is 9.43. The van der Waals surface area contributed by atoms with Crippen molar-refractivity contribution >= 4 is 34.8 Å². The van der Waals surface area contributed by atoms with Crippen LogP contribution in [0.5, 0.6) is 17.2 Å². The van der Waals surface area contributed by atoms with Crippen molar-refractivity contribution in [3.63, 3.8) is 0 Å². The molecule has 2 amide bonds. The third-order valence-corrected chi connectivity index (χ3v) is 4.25. The van der Waals surface area contributed by atoms with Crippen molar-refractivity contribution in [3.05, 3.63) is 47.5 Å². The maximum absolute atomic E-state index is 12.6. The van der Waals surface area contributed by atoms with Gasteiger partial charge >= 0.3 is 0 Å². The molecule has 31 heavy (non-hydrogen) atoms. The summed E-state index contributed by atoms with van der Waals surface area (Å²) < 4.78 is 15.8. The van der Waals surface area contributed by atoms with Crippen molar-refractivity contribution < 1.29 is 23.8 Å². The molecule has 0 heterocycles. The van der Waals surface area contributed by atoms with Gasteiger partial charge in [0.05, 0.1) is 21.3 Å². The van der Waals surface area contributed by atoms with E-state index in [9.17, 15) is 9.59 Å². The average molecular weight is 446 g/mol. The van der Waals surface area contributed by atoms with E-state index in [-0.39, 0.29) is 22.1 Å². The highest BCUT2D eigenvalue weighted by atomic mass is 32.1. The average Bonchev–Trinajstić information content (AvgIpc) is 2.71. The third kappa shape index (κ3) is 6.58. The summed E-state index contributed by atoms with van der Waals surface area (Å²) in [5.41, 5.74) is 1.11. The van der Waals surface area contributed by atoms with Gasteiger partial charge in [-0.2, -0.15) is 0 Å². The van der Waals surface area contributed by atoms with Crippen LogP contribution >= 0.6 is 12.2 Å². The van der Waals surface area contributed by atoms with E-state index in [0.717, 1.165) is 0 Å². The van der Waals surface area contributed by atoms with Crippen molar-refractivity contribution in [3.8, 4) is 17.2 Å². The molecule has 0 radical (unpaired) electrons. The van der Waals surface area contributed by atoms with Crippen LogP contribution in [0, 0.1) is 0 Å². The molecular weight excluding hydrogens is 418 g/mol. The lowest BCUT2D eigenvalue weighted by molar-refractivity contribution is 0.0918. The fraction of sp³-hybridized carbons (Fsp3) is 0.318. The van der Waals surface area contributed by atoms with Gasteiger partial charge in [-0.1, -0.05) is 0 Å². The second kappa shape index (κ2) is 10.1. The fourth-order valence-corrected chi connectivity index (χ4v) is 2.88. The minimum Gasteiger partial charge on any atom is -0.493 e. The number of hydrogen-bond acceptors (Lipinski definition) is 6. The van der Waals surface area contributed by atoms with Crippen molar-refractivity contribution in [2.45, 2.75) is 26.3 Å². The summed E-state index contributed by atoms with van der Waals surface area (Å²) in [5.74, 6) is 0.484. The van der Waals surface area contributed by atoms with E-state index in [1.165, 1.54) is 33.5 Å². The number of nitrogens with one attached hydrogen (secondary N) is 3. The molecule has 166 valence electrons. The summed E-state index contributed by atoms with van der Waals surface area (Å²) in [6, 6.07) is 9.81. The standard InChI is InChI=1S/C22H27N3O5S/c1-22(2,3)25-20(27)13-7-9-15(10-8-13)23-21(31)24-19(26)14-11-16(28-4)18(30-6)17(12-14)29-5/h7-12H,1-6H3,(H,25,27)(H2,23,24,26,31). The van der Waals surface area contributed by atoms with Crippen LogP contribution in [0.2, 0.25) is 0 Å². The lowest BCUT2D eigenvalue weighted by atomic mass is 10.1. The maximum Gasteiger partial charge on any atom is 0.257 e. The van der Waals surface area contributed by atoms with Crippen LogP contribution in [0.1, 0.15) is 41.5 Å². The topological polar surface area (TPSA) is 97.9 Å². The van der Waals surface area contributed by atoms with Gasteiger partial charge in [-0.3, -0.25) is 14.9 Å². The molecule has 8 nitrogen and oxygen atoms in total. The number of thiocarbonyl (C=S) groups is 1. The summed E-state index contributed by atoms with van der Waals surface area (Å²) in [6.07, 6.45) is 0. The molecule has 0 bridgehead atoms. The van der Waals surface area contributed by atoms with E-state index in [1.54, 1.807) is 24.3 Å². The lowest BCUT2D eigenvalue weighted by Crippen LogP contribution is -2.40. The van der Waals surface area contributed by atoms with Gasteiger partial charge < -0.3 is 24.8 Å². The Morgan fingerprint density at radius 1 is 0.839 bits per heavy atom. The van der Waals surface area contributed by atoms with Crippen LogP contribution in [-0.4, -0.2) is 43.8 Å². The highest BCUT2D eigenvalue weighted by Crippen LogP contribution is 2.38. The normalized spacial score (nSPS) is 10.6. The zero-order chi connectivity index (χ0) is 23.2. The number of ether oxygens (including phenoxy) is 3. The zero-order valence-electron chi connectivity index (χ0n) is 18.4. The molecule has 0 spiro atoms. The molecule has 3 N–H and O–H groups in total. The number of anilines is 1. The Kier molecular flexibility index (Phi) is 7.82. The SMILES string of the molecule is COc1cc(C(=O)NC(=S)Nc2ccc(C(=O)NC(C)(C)C)cc2)cc(OC)c1OC. The Balaban J connectivity index is 2.06. The molecule has 0 aliphatic heterocycles. The number of hydrogen-bond donors (Lipinski definition) is 3. The van der Waals surface area contributed by atoms with Crippen LogP contribution < -0.4 is 30.2 Å². The van der Waals surface area contributed by atoms with Gasteiger partial charge in [0.25, 0.3) is 11.8 Å². The predicted molar refractivity (Wildman–Crippen MR) is 123 cm³/mol. The number of carbonyl (C=O) groups excluding carboxylic acids is 2. The molecule has 0 fully saturated rings. The molecule has 0 aliphatic rings. The zero-order valence-corrected chi connectivity index (χ0v) is 19.2. The summed E-state index contributed by atoms with van der Waals surface area (Å²) >= 11 is 5.23. The smallest absolute Gasteiger partial charge is 0.257 e. The van der Waals surface area contributed by atoms with Crippen LogP contribution in [-0.2, 0) is 0 Å². The Bertz CT molecular complexity index is 943. The molecule has 9 heteroatoms. The van der Waals surface area contributed by atoms with E-state index in [4.69, 9.17) is 26.4 Å². The molecule has 0 saturated heterocycles. The number of benzene rings is 2. The van der Waals surface area contributed by atoms with E-state index in [1.807, 2.05) is 20.8 Å². The molecule has 0 atom stereocenters. The quantitative estimate of drug-likeness (QED) is 0.587. The first-order valence-corrected chi connectivity index (χ1v) is 9.83. The van der Waals surface area contributed by atoms with E-state index in [0.29, 0.717) is 28.5 Å². The van der Waals surface area contributed by atoms with Gasteiger partial charge in [0.15, 0.2) is 16.6 Å². The number of methoxy groups -OCH3 is 3. The summed E-state index contributed by atoms with van der Waals surface area (Å²) in [5, 5.41) is 8.52. The van der Waals surface area contributed by atoms with Gasteiger partial charge in [-0.15, -0.1) is 0 Å².